The fourth-order valence-electron chi connectivity index (χ4n) is 2.98. The summed E-state index contributed by atoms with van der Waals surface area (Å²) >= 11 is 13.4. The van der Waals surface area contributed by atoms with Gasteiger partial charge in [-0.05, 0) is 60.9 Å². The average Bonchev–Trinajstić information content (AvgIpc) is 3.48. The van der Waals surface area contributed by atoms with Crippen molar-refractivity contribution in [3.8, 4) is 22.4 Å². The van der Waals surface area contributed by atoms with E-state index >= 15 is 0 Å². The molecule has 132 valence electrons. The van der Waals surface area contributed by atoms with Gasteiger partial charge < -0.3 is 0 Å². The van der Waals surface area contributed by atoms with Crippen LogP contribution in [-0.4, -0.2) is 16.0 Å². The summed E-state index contributed by atoms with van der Waals surface area (Å²) in [5.74, 6) is 0.724. The number of aromatic nitrogens is 2. The first-order valence-corrected chi connectivity index (χ1v) is 10.7. The van der Waals surface area contributed by atoms with Crippen LogP contribution in [0.15, 0.2) is 59.5 Å². The van der Waals surface area contributed by atoms with Crippen molar-refractivity contribution in [2.24, 2.45) is 5.92 Å². The van der Waals surface area contributed by atoms with E-state index in [1.165, 1.54) is 17.7 Å². The minimum atomic E-state index is 0.724. The second kappa shape index (κ2) is 7.55. The first-order valence-electron chi connectivity index (χ1n) is 8.66. The fourth-order valence-corrected chi connectivity index (χ4v) is 3.75. The van der Waals surface area contributed by atoms with Crippen LogP contribution in [0, 0.1) is 10.6 Å². The van der Waals surface area contributed by atoms with Crippen LogP contribution in [0.25, 0.3) is 22.4 Å². The molecule has 2 aromatic carbocycles. The van der Waals surface area contributed by atoms with Gasteiger partial charge in [0.15, 0.2) is 0 Å². The van der Waals surface area contributed by atoms with Crippen molar-refractivity contribution in [2.45, 2.75) is 24.3 Å². The zero-order valence-corrected chi connectivity index (χ0v) is 16.9. The molecule has 1 aliphatic rings. The predicted molar refractivity (Wildman–Crippen MR) is 113 cm³/mol. The standard InChI is InChI=1S/C21H19ClN2S2/c1-26-18-10-6-16(7-11-18)21-19(15-4-8-17(22)9-5-15)12-20(25)24(23-21)13-14-2-3-14/h4-12,14H,2-3,13H2,1H3. The molecule has 1 saturated carbocycles. The largest absolute Gasteiger partial charge is 0.254 e. The monoisotopic (exact) mass is 398 g/mol. The van der Waals surface area contributed by atoms with Crippen LogP contribution in [0.5, 0.6) is 0 Å². The molecule has 0 aliphatic heterocycles. The number of thioether (sulfide) groups is 1. The highest BCUT2D eigenvalue weighted by Crippen LogP contribution is 2.34. The van der Waals surface area contributed by atoms with Gasteiger partial charge in [0.2, 0.25) is 0 Å². The van der Waals surface area contributed by atoms with Gasteiger partial charge in [-0.25, -0.2) is 0 Å². The molecule has 5 heteroatoms. The van der Waals surface area contributed by atoms with Crippen LogP contribution in [0.3, 0.4) is 0 Å². The molecule has 0 bridgehead atoms. The van der Waals surface area contributed by atoms with Gasteiger partial charge in [0.1, 0.15) is 4.64 Å². The lowest BCUT2D eigenvalue weighted by Gasteiger charge is -2.14. The molecule has 0 amide bonds. The van der Waals surface area contributed by atoms with Gasteiger partial charge in [0, 0.05) is 27.6 Å². The third-order valence-electron chi connectivity index (χ3n) is 4.64. The Balaban J connectivity index is 1.86. The van der Waals surface area contributed by atoms with Crippen LogP contribution >= 0.6 is 35.6 Å². The lowest BCUT2D eigenvalue weighted by atomic mass is 10.0. The third kappa shape index (κ3) is 3.88. The zero-order chi connectivity index (χ0) is 18.1. The molecule has 0 N–H and O–H groups in total. The molecule has 4 rings (SSSR count). The summed E-state index contributed by atoms with van der Waals surface area (Å²) in [7, 11) is 0. The molecule has 0 spiro atoms. The summed E-state index contributed by atoms with van der Waals surface area (Å²) in [6.07, 6.45) is 4.64. The van der Waals surface area contributed by atoms with Gasteiger partial charge in [-0.3, -0.25) is 4.68 Å². The van der Waals surface area contributed by atoms with Crippen LogP contribution in [0.4, 0.5) is 0 Å². The molecule has 2 nitrogen and oxygen atoms in total. The molecule has 1 aliphatic carbocycles. The number of benzene rings is 2. The van der Waals surface area contributed by atoms with Crippen LogP contribution < -0.4 is 0 Å². The van der Waals surface area contributed by atoms with E-state index in [9.17, 15) is 0 Å². The number of hydrogen-bond donors (Lipinski definition) is 0. The maximum absolute atomic E-state index is 6.07. The Morgan fingerprint density at radius 1 is 1.08 bits per heavy atom. The minimum Gasteiger partial charge on any atom is -0.254 e. The van der Waals surface area contributed by atoms with Crippen LogP contribution in [0.2, 0.25) is 5.02 Å². The first-order chi connectivity index (χ1) is 12.6. The highest BCUT2D eigenvalue weighted by molar-refractivity contribution is 7.98. The topological polar surface area (TPSA) is 17.8 Å². The van der Waals surface area contributed by atoms with Crippen molar-refractivity contribution in [1.82, 2.24) is 9.78 Å². The maximum Gasteiger partial charge on any atom is 0.123 e. The highest BCUT2D eigenvalue weighted by atomic mass is 35.5. The van der Waals surface area contributed by atoms with Crippen molar-refractivity contribution in [3.05, 3.63) is 64.3 Å². The van der Waals surface area contributed by atoms with Gasteiger partial charge in [0.05, 0.1) is 5.69 Å². The number of hydrogen-bond acceptors (Lipinski definition) is 3. The first kappa shape index (κ1) is 17.8. The predicted octanol–water partition coefficient (Wildman–Crippen LogP) is 6.73. The van der Waals surface area contributed by atoms with Gasteiger partial charge >= 0.3 is 0 Å². The van der Waals surface area contributed by atoms with Gasteiger partial charge in [-0.15, -0.1) is 11.8 Å². The van der Waals surface area contributed by atoms with E-state index in [-0.39, 0.29) is 0 Å². The van der Waals surface area contributed by atoms with Gasteiger partial charge in [-0.2, -0.15) is 5.10 Å². The SMILES string of the molecule is CSc1ccc(-c2nn(CC3CC3)c(=S)cc2-c2ccc(Cl)cc2)cc1. The molecule has 0 unspecified atom stereocenters. The molecule has 26 heavy (non-hydrogen) atoms. The summed E-state index contributed by atoms with van der Waals surface area (Å²) in [5, 5.41) is 5.68. The van der Waals surface area contributed by atoms with Crippen molar-refractivity contribution in [3.63, 3.8) is 0 Å². The third-order valence-corrected chi connectivity index (χ3v) is 5.97. The maximum atomic E-state index is 6.07. The molecular weight excluding hydrogens is 380 g/mol. The molecule has 0 atom stereocenters. The van der Waals surface area contributed by atoms with E-state index < -0.39 is 0 Å². The summed E-state index contributed by atoms with van der Waals surface area (Å²) in [4.78, 5) is 1.24. The van der Waals surface area contributed by atoms with E-state index in [1.807, 2.05) is 28.9 Å². The Kier molecular flexibility index (Phi) is 5.16. The van der Waals surface area contributed by atoms with Crippen molar-refractivity contribution >= 4 is 35.6 Å². The Morgan fingerprint density at radius 3 is 2.35 bits per heavy atom. The lowest BCUT2D eigenvalue weighted by Crippen LogP contribution is -2.09. The lowest BCUT2D eigenvalue weighted by molar-refractivity contribution is 0.547. The quantitative estimate of drug-likeness (QED) is 0.350. The minimum absolute atomic E-state index is 0.724. The normalized spacial score (nSPS) is 13.8. The smallest absolute Gasteiger partial charge is 0.123 e. The summed E-state index contributed by atoms with van der Waals surface area (Å²) in [6.45, 7) is 0.912. The molecule has 3 aromatic rings. The second-order valence-corrected chi connectivity index (χ2v) is 8.34. The van der Waals surface area contributed by atoms with Crippen molar-refractivity contribution in [1.29, 1.82) is 0 Å². The molecule has 1 fully saturated rings. The van der Waals surface area contributed by atoms with E-state index in [2.05, 4.69) is 36.6 Å². The number of nitrogens with zero attached hydrogens (tertiary/aromatic N) is 2. The molecule has 0 saturated heterocycles. The van der Waals surface area contributed by atoms with Crippen molar-refractivity contribution < 1.29 is 0 Å². The molecule has 1 heterocycles. The van der Waals surface area contributed by atoms with Gasteiger partial charge in [0.25, 0.3) is 0 Å². The number of halogens is 1. The second-order valence-electron chi connectivity index (χ2n) is 6.61. The summed E-state index contributed by atoms with van der Waals surface area (Å²) in [5.41, 5.74) is 4.20. The Morgan fingerprint density at radius 2 is 1.73 bits per heavy atom. The molecule has 0 radical (unpaired) electrons. The van der Waals surface area contributed by atoms with Gasteiger partial charge in [-0.1, -0.05) is 48.1 Å². The Bertz CT molecular complexity index is 974. The summed E-state index contributed by atoms with van der Waals surface area (Å²) < 4.78 is 2.77. The zero-order valence-electron chi connectivity index (χ0n) is 14.5. The highest BCUT2D eigenvalue weighted by Gasteiger charge is 2.23. The Hall–Kier alpha value is -1.62. The van der Waals surface area contributed by atoms with E-state index in [4.69, 9.17) is 28.9 Å². The molecule has 1 aromatic heterocycles. The van der Waals surface area contributed by atoms with Crippen LogP contribution in [0.1, 0.15) is 12.8 Å². The van der Waals surface area contributed by atoms with Crippen molar-refractivity contribution in [2.75, 3.05) is 6.26 Å². The average molecular weight is 399 g/mol. The van der Waals surface area contributed by atoms with E-state index in [0.29, 0.717) is 0 Å². The van der Waals surface area contributed by atoms with E-state index in [1.54, 1.807) is 11.8 Å². The van der Waals surface area contributed by atoms with E-state index in [0.717, 1.165) is 44.5 Å². The summed E-state index contributed by atoms with van der Waals surface area (Å²) in [6, 6.07) is 18.5. The number of rotatable bonds is 5. The van der Waals surface area contributed by atoms with Crippen LogP contribution in [-0.2, 0) is 6.54 Å². The molecular formula is C21H19ClN2S2. The Labute approximate surface area is 168 Å². The fraction of sp³-hybridized carbons (Fsp3) is 0.238.